The van der Waals surface area contributed by atoms with Crippen molar-refractivity contribution in [2.24, 2.45) is 0 Å². The Bertz CT molecular complexity index is 749. The van der Waals surface area contributed by atoms with Gasteiger partial charge in [-0.05, 0) is 29.2 Å². The van der Waals surface area contributed by atoms with Crippen molar-refractivity contribution >= 4 is 17.6 Å². The van der Waals surface area contributed by atoms with Crippen LogP contribution in [-0.4, -0.2) is 18.5 Å². The van der Waals surface area contributed by atoms with Crippen LogP contribution in [0.4, 0.5) is 5.69 Å². The van der Waals surface area contributed by atoms with Gasteiger partial charge in [0.05, 0.1) is 18.9 Å². The molecule has 0 aromatic heterocycles. The molecule has 0 saturated heterocycles. The molecule has 0 saturated carbocycles. The van der Waals surface area contributed by atoms with Crippen LogP contribution in [0.25, 0.3) is 0 Å². The molecule has 25 heavy (non-hydrogen) atoms. The third-order valence-corrected chi connectivity index (χ3v) is 3.73. The van der Waals surface area contributed by atoms with Crippen LogP contribution in [0.1, 0.15) is 30.4 Å². The number of nitrogens with one attached hydrogen (secondary N) is 1. The summed E-state index contributed by atoms with van der Waals surface area (Å²) in [6.45, 7) is 1.62. The van der Waals surface area contributed by atoms with Crippen molar-refractivity contribution < 1.29 is 14.3 Å². The first-order valence-corrected chi connectivity index (χ1v) is 8.05. The third-order valence-electron chi connectivity index (χ3n) is 3.73. The third kappa shape index (κ3) is 6.11. The second-order valence-electron chi connectivity index (χ2n) is 5.76. The highest BCUT2D eigenvalue weighted by Gasteiger charge is 2.13. The summed E-state index contributed by atoms with van der Waals surface area (Å²) in [5.41, 5.74) is 2.53. The molecule has 2 aromatic rings. The summed E-state index contributed by atoms with van der Waals surface area (Å²) in [6, 6.07) is 18.7. The molecule has 0 aliphatic rings. The Morgan fingerprint density at radius 3 is 2.44 bits per heavy atom. The Balaban J connectivity index is 1.75. The molecule has 128 valence electrons. The molecule has 0 unspecified atom stereocenters. The number of carbonyl (C=O) groups excluding carboxylic acids is 2. The van der Waals surface area contributed by atoms with E-state index in [0.29, 0.717) is 12.1 Å². The average Bonchev–Trinajstić information content (AvgIpc) is 2.62. The predicted molar refractivity (Wildman–Crippen MR) is 94.8 cm³/mol. The maximum absolute atomic E-state index is 11.9. The molecule has 1 N–H and O–H groups in total. The molecule has 2 rings (SSSR count). The van der Waals surface area contributed by atoms with Crippen LogP contribution in [0.2, 0.25) is 0 Å². The fourth-order valence-electron chi connectivity index (χ4n) is 2.35. The molecule has 0 radical (unpaired) electrons. The minimum atomic E-state index is -0.407. The second kappa shape index (κ2) is 9.24. The van der Waals surface area contributed by atoms with E-state index in [4.69, 9.17) is 10.00 Å². The van der Waals surface area contributed by atoms with Gasteiger partial charge in [-0.25, -0.2) is 0 Å². The topological polar surface area (TPSA) is 79.2 Å². The van der Waals surface area contributed by atoms with Crippen molar-refractivity contribution in [2.45, 2.75) is 25.7 Å². The molecule has 1 atom stereocenters. The van der Waals surface area contributed by atoms with Gasteiger partial charge in [0.25, 0.3) is 5.91 Å². The lowest BCUT2D eigenvalue weighted by molar-refractivity contribution is -0.147. The zero-order chi connectivity index (χ0) is 18.1. The van der Waals surface area contributed by atoms with E-state index >= 15 is 0 Å². The van der Waals surface area contributed by atoms with Crippen molar-refractivity contribution in [1.82, 2.24) is 0 Å². The maximum atomic E-state index is 11.9. The monoisotopic (exact) mass is 336 g/mol. The number of amides is 1. The molecule has 5 nitrogen and oxygen atoms in total. The quantitative estimate of drug-likeness (QED) is 0.786. The van der Waals surface area contributed by atoms with Gasteiger partial charge in [-0.2, -0.15) is 5.26 Å². The summed E-state index contributed by atoms with van der Waals surface area (Å²) in [5.74, 6) is -0.769. The highest BCUT2D eigenvalue weighted by Crippen LogP contribution is 2.18. The highest BCUT2D eigenvalue weighted by atomic mass is 16.5. The van der Waals surface area contributed by atoms with Crippen molar-refractivity contribution in [3.8, 4) is 6.07 Å². The molecule has 5 heteroatoms. The lowest BCUT2D eigenvalue weighted by atomic mass is 9.98. The van der Waals surface area contributed by atoms with Crippen LogP contribution >= 0.6 is 0 Å². The van der Waals surface area contributed by atoms with Crippen LogP contribution in [0, 0.1) is 11.3 Å². The van der Waals surface area contributed by atoms with Crippen LogP contribution in [0.15, 0.2) is 54.6 Å². The first-order valence-electron chi connectivity index (χ1n) is 8.05. The van der Waals surface area contributed by atoms with E-state index in [1.807, 2.05) is 37.3 Å². The highest BCUT2D eigenvalue weighted by molar-refractivity contribution is 5.92. The summed E-state index contributed by atoms with van der Waals surface area (Å²) < 4.78 is 5.04. The summed E-state index contributed by atoms with van der Waals surface area (Å²) in [4.78, 5) is 23.7. The molecule has 0 aliphatic heterocycles. The number of rotatable bonds is 7. The minimum absolute atomic E-state index is 0.0319. The normalized spacial score (nSPS) is 11.2. The molecule has 2 aromatic carbocycles. The molecular formula is C20H20N2O3. The summed E-state index contributed by atoms with van der Waals surface area (Å²) in [6.07, 6.45) is 0.547. The van der Waals surface area contributed by atoms with Crippen LogP contribution in [-0.2, 0) is 20.7 Å². The molecule has 0 aliphatic carbocycles. The maximum Gasteiger partial charge on any atom is 0.306 e. The van der Waals surface area contributed by atoms with Crippen LogP contribution in [0.3, 0.4) is 0 Å². The van der Waals surface area contributed by atoms with Gasteiger partial charge in [0.2, 0.25) is 0 Å². The van der Waals surface area contributed by atoms with Gasteiger partial charge >= 0.3 is 5.97 Å². The number of nitrogens with zero attached hydrogens (tertiary/aromatic N) is 1. The zero-order valence-electron chi connectivity index (χ0n) is 14.1. The fraction of sp³-hybridized carbons (Fsp3) is 0.250. The Morgan fingerprint density at radius 1 is 1.12 bits per heavy atom. The van der Waals surface area contributed by atoms with E-state index in [1.165, 1.54) is 0 Å². The van der Waals surface area contributed by atoms with E-state index in [1.54, 1.807) is 24.3 Å². The summed E-state index contributed by atoms with van der Waals surface area (Å²) in [5, 5.41) is 11.3. The van der Waals surface area contributed by atoms with Gasteiger partial charge in [-0.1, -0.05) is 49.4 Å². The van der Waals surface area contributed by atoms with Crippen molar-refractivity contribution in [2.75, 3.05) is 11.9 Å². The SMILES string of the molecule is C[C@H](CC(=O)OCC(=O)Nc1ccc(CC#N)cc1)c1ccccc1. The lowest BCUT2D eigenvalue weighted by Gasteiger charge is -2.11. The number of nitriles is 1. The standard InChI is InChI=1S/C20H20N2O3/c1-15(17-5-3-2-4-6-17)13-20(24)25-14-19(23)22-18-9-7-16(8-10-18)11-12-21/h2-10,15H,11,13-14H2,1H3,(H,22,23)/t15-/m1/s1. The Labute approximate surface area is 147 Å². The summed E-state index contributed by atoms with van der Waals surface area (Å²) in [7, 11) is 0. The van der Waals surface area contributed by atoms with Crippen LogP contribution in [0.5, 0.6) is 0 Å². The molecule has 0 spiro atoms. The van der Waals surface area contributed by atoms with Crippen molar-refractivity contribution in [3.05, 3.63) is 65.7 Å². The number of anilines is 1. The van der Waals surface area contributed by atoms with E-state index in [9.17, 15) is 9.59 Å². The number of esters is 1. The van der Waals surface area contributed by atoms with Crippen molar-refractivity contribution in [1.29, 1.82) is 5.26 Å². The Morgan fingerprint density at radius 2 is 1.80 bits per heavy atom. The van der Waals surface area contributed by atoms with Gasteiger partial charge in [0.15, 0.2) is 6.61 Å². The molecule has 0 heterocycles. The minimum Gasteiger partial charge on any atom is -0.456 e. The van der Waals surface area contributed by atoms with Crippen LogP contribution < -0.4 is 5.32 Å². The molecular weight excluding hydrogens is 316 g/mol. The fourth-order valence-corrected chi connectivity index (χ4v) is 2.35. The zero-order valence-corrected chi connectivity index (χ0v) is 14.1. The number of benzene rings is 2. The number of hydrogen-bond donors (Lipinski definition) is 1. The van der Waals surface area contributed by atoms with Gasteiger partial charge in [0, 0.05) is 5.69 Å². The van der Waals surface area contributed by atoms with E-state index < -0.39 is 11.9 Å². The largest absolute Gasteiger partial charge is 0.456 e. The van der Waals surface area contributed by atoms with E-state index in [2.05, 4.69) is 11.4 Å². The lowest BCUT2D eigenvalue weighted by Crippen LogP contribution is -2.21. The second-order valence-corrected chi connectivity index (χ2v) is 5.76. The smallest absolute Gasteiger partial charge is 0.306 e. The Kier molecular flexibility index (Phi) is 6.73. The average molecular weight is 336 g/mol. The summed E-state index contributed by atoms with van der Waals surface area (Å²) >= 11 is 0. The molecule has 0 bridgehead atoms. The van der Waals surface area contributed by atoms with Gasteiger partial charge in [-0.3, -0.25) is 9.59 Å². The number of hydrogen-bond acceptors (Lipinski definition) is 4. The Hall–Kier alpha value is -3.13. The van der Waals surface area contributed by atoms with Gasteiger partial charge in [-0.15, -0.1) is 0 Å². The first kappa shape index (κ1) is 18.2. The number of ether oxygens (including phenoxy) is 1. The molecule has 0 fully saturated rings. The molecule has 1 amide bonds. The number of carbonyl (C=O) groups is 2. The van der Waals surface area contributed by atoms with Gasteiger partial charge in [0.1, 0.15) is 0 Å². The van der Waals surface area contributed by atoms with Gasteiger partial charge < -0.3 is 10.1 Å². The van der Waals surface area contributed by atoms with E-state index in [0.717, 1.165) is 11.1 Å². The first-order chi connectivity index (χ1) is 12.1. The van der Waals surface area contributed by atoms with E-state index in [-0.39, 0.29) is 18.9 Å². The van der Waals surface area contributed by atoms with Crippen molar-refractivity contribution in [3.63, 3.8) is 0 Å². The predicted octanol–water partition coefficient (Wildman–Crippen LogP) is 3.43.